The molecule has 0 spiro atoms. The lowest BCUT2D eigenvalue weighted by Crippen LogP contribution is -2.26. The summed E-state index contributed by atoms with van der Waals surface area (Å²) in [5, 5.41) is 11.1. The van der Waals surface area contributed by atoms with Crippen LogP contribution in [0.25, 0.3) is 0 Å². The number of carboxylic acid groups (broad SMARTS) is 1. The lowest BCUT2D eigenvalue weighted by atomic mass is 10.2. The monoisotopic (exact) mass is 276 g/mol. The Balaban J connectivity index is 3.04. The minimum absolute atomic E-state index is 0.0695. The summed E-state index contributed by atoms with van der Waals surface area (Å²) in [5.74, 6) is -1.97. The molecule has 100 valence electrons. The lowest BCUT2D eigenvalue weighted by molar-refractivity contribution is -0.137. The van der Waals surface area contributed by atoms with Crippen molar-refractivity contribution in [1.29, 1.82) is 0 Å². The molecule has 0 radical (unpaired) electrons. The van der Waals surface area contributed by atoms with Gasteiger partial charge in [-0.1, -0.05) is 0 Å². The molecule has 0 saturated carbocycles. The SMILES string of the molecule is CNS(=O)(=O)c1ccc(N[C@@H](C)C(=O)O)c(F)c1. The Morgan fingerprint density at radius 1 is 1.44 bits per heavy atom. The van der Waals surface area contributed by atoms with Crippen LogP contribution in [0, 0.1) is 5.82 Å². The zero-order chi connectivity index (χ0) is 13.9. The van der Waals surface area contributed by atoms with Crippen LogP contribution in [-0.2, 0) is 14.8 Å². The number of carboxylic acids is 1. The highest BCUT2D eigenvalue weighted by molar-refractivity contribution is 7.89. The minimum atomic E-state index is -3.72. The quantitative estimate of drug-likeness (QED) is 0.732. The smallest absolute Gasteiger partial charge is 0.325 e. The zero-order valence-electron chi connectivity index (χ0n) is 9.77. The van der Waals surface area contributed by atoms with Crippen molar-refractivity contribution in [3.63, 3.8) is 0 Å². The van der Waals surface area contributed by atoms with Gasteiger partial charge in [0.1, 0.15) is 11.9 Å². The number of carbonyl (C=O) groups is 1. The van der Waals surface area contributed by atoms with Crippen LogP contribution in [0.5, 0.6) is 0 Å². The number of halogens is 1. The van der Waals surface area contributed by atoms with E-state index in [2.05, 4.69) is 10.0 Å². The van der Waals surface area contributed by atoms with E-state index in [1.54, 1.807) is 0 Å². The molecule has 1 atom stereocenters. The van der Waals surface area contributed by atoms with E-state index in [0.29, 0.717) is 0 Å². The Hall–Kier alpha value is -1.67. The molecule has 0 bridgehead atoms. The standard InChI is InChI=1S/C10H13FN2O4S/c1-6(10(14)15)13-9-4-3-7(5-8(9)11)18(16,17)12-2/h3-6,12-13H,1-2H3,(H,14,15)/t6-/m0/s1. The van der Waals surface area contributed by atoms with Gasteiger partial charge >= 0.3 is 5.97 Å². The number of aliphatic carboxylic acids is 1. The summed E-state index contributed by atoms with van der Waals surface area (Å²) in [4.78, 5) is 10.4. The molecule has 0 aliphatic heterocycles. The zero-order valence-corrected chi connectivity index (χ0v) is 10.6. The second kappa shape index (κ2) is 5.32. The maximum Gasteiger partial charge on any atom is 0.325 e. The van der Waals surface area contributed by atoms with Crippen molar-refractivity contribution in [3.05, 3.63) is 24.0 Å². The van der Waals surface area contributed by atoms with Crippen LogP contribution in [0.1, 0.15) is 6.92 Å². The van der Waals surface area contributed by atoms with E-state index in [1.807, 2.05) is 0 Å². The van der Waals surface area contributed by atoms with Gasteiger partial charge in [-0.3, -0.25) is 4.79 Å². The number of benzene rings is 1. The third-order valence-electron chi connectivity index (χ3n) is 2.26. The Bertz CT molecular complexity index is 559. The largest absolute Gasteiger partial charge is 0.480 e. The molecular formula is C10H13FN2O4S. The van der Waals surface area contributed by atoms with Crippen molar-refractivity contribution in [2.75, 3.05) is 12.4 Å². The van der Waals surface area contributed by atoms with Crippen molar-refractivity contribution in [3.8, 4) is 0 Å². The van der Waals surface area contributed by atoms with Crippen molar-refractivity contribution >= 4 is 21.7 Å². The van der Waals surface area contributed by atoms with Gasteiger partial charge < -0.3 is 10.4 Å². The third-order valence-corrected chi connectivity index (χ3v) is 3.67. The van der Waals surface area contributed by atoms with Crippen molar-refractivity contribution in [2.24, 2.45) is 0 Å². The highest BCUT2D eigenvalue weighted by Gasteiger charge is 2.16. The Morgan fingerprint density at radius 2 is 2.06 bits per heavy atom. The molecule has 0 aliphatic carbocycles. The van der Waals surface area contributed by atoms with Crippen molar-refractivity contribution in [2.45, 2.75) is 17.9 Å². The van der Waals surface area contributed by atoms with Gasteiger partial charge in [0, 0.05) is 0 Å². The topological polar surface area (TPSA) is 95.5 Å². The summed E-state index contributed by atoms with van der Waals surface area (Å²) in [6, 6.07) is 2.21. The van der Waals surface area contributed by atoms with E-state index in [-0.39, 0.29) is 10.6 Å². The molecule has 0 saturated heterocycles. The molecule has 0 heterocycles. The van der Waals surface area contributed by atoms with Crippen LogP contribution in [0.3, 0.4) is 0 Å². The second-order valence-electron chi connectivity index (χ2n) is 3.55. The number of rotatable bonds is 5. The van der Waals surface area contributed by atoms with Crippen LogP contribution in [0.4, 0.5) is 10.1 Å². The fourth-order valence-corrected chi connectivity index (χ4v) is 1.93. The first-order valence-corrected chi connectivity index (χ1v) is 6.48. The van der Waals surface area contributed by atoms with Crippen LogP contribution >= 0.6 is 0 Å². The molecule has 0 unspecified atom stereocenters. The molecule has 0 fully saturated rings. The fourth-order valence-electron chi connectivity index (χ4n) is 1.19. The lowest BCUT2D eigenvalue weighted by Gasteiger charge is -2.12. The van der Waals surface area contributed by atoms with E-state index >= 15 is 0 Å². The van der Waals surface area contributed by atoms with E-state index < -0.39 is 27.9 Å². The van der Waals surface area contributed by atoms with Crippen LogP contribution in [-0.4, -0.2) is 32.6 Å². The Kier molecular flexibility index (Phi) is 4.25. The first-order chi connectivity index (χ1) is 8.27. The minimum Gasteiger partial charge on any atom is -0.480 e. The number of hydrogen-bond acceptors (Lipinski definition) is 4. The number of sulfonamides is 1. The first-order valence-electron chi connectivity index (χ1n) is 5.00. The molecule has 1 aromatic rings. The summed E-state index contributed by atoms with van der Waals surface area (Å²) in [5.41, 5.74) is -0.0695. The molecule has 0 aliphatic rings. The van der Waals surface area contributed by atoms with Gasteiger partial charge in [0.2, 0.25) is 10.0 Å². The average Bonchev–Trinajstić information content (AvgIpc) is 2.31. The number of hydrogen-bond donors (Lipinski definition) is 3. The molecule has 6 nitrogen and oxygen atoms in total. The summed E-state index contributed by atoms with van der Waals surface area (Å²) in [7, 11) is -2.50. The molecule has 0 aromatic heterocycles. The van der Waals surface area contributed by atoms with Gasteiger partial charge in [-0.15, -0.1) is 0 Å². The first kappa shape index (κ1) is 14.4. The van der Waals surface area contributed by atoms with Crippen LogP contribution in [0.2, 0.25) is 0 Å². The highest BCUT2D eigenvalue weighted by atomic mass is 32.2. The normalized spacial score (nSPS) is 13.1. The third kappa shape index (κ3) is 3.17. The van der Waals surface area contributed by atoms with Crippen molar-refractivity contribution < 1.29 is 22.7 Å². The maximum absolute atomic E-state index is 13.6. The number of anilines is 1. The summed E-state index contributed by atoms with van der Waals surface area (Å²) in [6.45, 7) is 1.35. The summed E-state index contributed by atoms with van der Waals surface area (Å²) >= 11 is 0. The Labute approximate surface area is 104 Å². The highest BCUT2D eigenvalue weighted by Crippen LogP contribution is 2.19. The molecule has 0 amide bonds. The molecule has 3 N–H and O–H groups in total. The van der Waals surface area contributed by atoms with Gasteiger partial charge in [-0.05, 0) is 32.2 Å². The van der Waals surface area contributed by atoms with E-state index in [9.17, 15) is 17.6 Å². The van der Waals surface area contributed by atoms with E-state index in [1.165, 1.54) is 26.1 Å². The predicted octanol–water partition coefficient (Wildman–Crippen LogP) is 0.619. The molecule has 1 aromatic carbocycles. The van der Waals surface area contributed by atoms with Gasteiger partial charge in [-0.2, -0.15) is 0 Å². The van der Waals surface area contributed by atoms with E-state index in [4.69, 9.17) is 5.11 Å². The maximum atomic E-state index is 13.6. The molecule has 8 heteroatoms. The van der Waals surface area contributed by atoms with Gasteiger partial charge in [0.25, 0.3) is 0 Å². The number of nitrogens with one attached hydrogen (secondary N) is 2. The summed E-state index contributed by atoms with van der Waals surface area (Å²) < 4.78 is 38.5. The fraction of sp³-hybridized carbons (Fsp3) is 0.300. The molecular weight excluding hydrogens is 263 g/mol. The Morgan fingerprint density at radius 3 is 2.50 bits per heavy atom. The molecule has 1 rings (SSSR count). The van der Waals surface area contributed by atoms with Crippen LogP contribution in [0.15, 0.2) is 23.1 Å². The molecule has 18 heavy (non-hydrogen) atoms. The van der Waals surface area contributed by atoms with Gasteiger partial charge in [0.15, 0.2) is 0 Å². The van der Waals surface area contributed by atoms with E-state index in [0.717, 1.165) is 6.07 Å². The predicted molar refractivity (Wildman–Crippen MR) is 63.4 cm³/mol. The van der Waals surface area contributed by atoms with Crippen molar-refractivity contribution in [1.82, 2.24) is 4.72 Å². The average molecular weight is 276 g/mol. The van der Waals surface area contributed by atoms with Gasteiger partial charge in [-0.25, -0.2) is 17.5 Å². The summed E-state index contributed by atoms with van der Waals surface area (Å²) in [6.07, 6.45) is 0. The second-order valence-corrected chi connectivity index (χ2v) is 5.44. The van der Waals surface area contributed by atoms with Gasteiger partial charge in [0.05, 0.1) is 10.6 Å². The van der Waals surface area contributed by atoms with Crippen LogP contribution < -0.4 is 10.0 Å².